The van der Waals surface area contributed by atoms with E-state index in [9.17, 15) is 22.8 Å². The van der Waals surface area contributed by atoms with Crippen LogP contribution in [0.4, 0.5) is 34.1 Å². The molecular weight excluding hydrogens is 578 g/mol. The number of anilines is 2. The highest BCUT2D eigenvalue weighted by Crippen LogP contribution is 2.40. The van der Waals surface area contributed by atoms with Crippen LogP contribution >= 0.6 is 23.4 Å². The Bertz CT molecular complexity index is 1390. The number of alkyl carbamates (subject to hydrolysis) is 1. The van der Waals surface area contributed by atoms with Crippen LogP contribution in [0.1, 0.15) is 26.3 Å². The summed E-state index contributed by atoms with van der Waals surface area (Å²) in [7, 11) is 0. The number of amides is 2. The van der Waals surface area contributed by atoms with E-state index in [-0.39, 0.29) is 23.5 Å². The Morgan fingerprint density at radius 3 is 2.58 bits per heavy atom. The molecular formula is C25H24ClF4N5O4S. The molecule has 2 amide bonds. The number of fused-ring (bicyclic) bond motifs is 1. The molecule has 0 fully saturated rings. The number of nitrogens with zero attached hydrogens (tertiary/aromatic N) is 3. The molecule has 1 unspecified atom stereocenters. The maximum absolute atomic E-state index is 15.2. The molecule has 0 radical (unpaired) electrons. The van der Waals surface area contributed by atoms with Gasteiger partial charge in [-0.15, -0.1) is 16.9 Å². The minimum absolute atomic E-state index is 0.0235. The molecule has 4 rings (SSSR count). The lowest BCUT2D eigenvalue weighted by atomic mass is 10.1. The third-order valence-electron chi connectivity index (χ3n) is 5.39. The van der Waals surface area contributed by atoms with Crippen molar-refractivity contribution in [2.45, 2.75) is 56.6 Å². The first kappa shape index (κ1) is 29.5. The summed E-state index contributed by atoms with van der Waals surface area (Å²) in [4.78, 5) is 28.0. The van der Waals surface area contributed by atoms with Crippen molar-refractivity contribution < 1.29 is 36.3 Å². The lowest BCUT2D eigenvalue weighted by molar-refractivity contribution is -0.120. The van der Waals surface area contributed by atoms with Gasteiger partial charge in [-0.3, -0.25) is 4.79 Å². The number of halogens is 5. The molecule has 15 heteroatoms. The minimum atomic E-state index is -3.36. The molecule has 0 spiro atoms. The van der Waals surface area contributed by atoms with E-state index in [0.29, 0.717) is 15.5 Å². The number of thioether (sulfide) groups is 1. The SMILES string of the molecule is CC(C)(C)OC(=O)N[C@H]1CSc2cc(F)c(-c3nnc(NC(F)C(F)F)o3)cc2N(Cc2ccc(Cl)cc2)C1=O. The highest BCUT2D eigenvalue weighted by molar-refractivity contribution is 7.99. The summed E-state index contributed by atoms with van der Waals surface area (Å²) >= 11 is 7.13. The number of aromatic nitrogens is 2. The topological polar surface area (TPSA) is 110 Å². The van der Waals surface area contributed by atoms with E-state index in [1.807, 2.05) is 0 Å². The second-order valence-corrected chi connectivity index (χ2v) is 11.2. The molecule has 1 aliphatic heterocycles. The van der Waals surface area contributed by atoms with Gasteiger partial charge in [0.15, 0.2) is 0 Å². The highest BCUT2D eigenvalue weighted by atomic mass is 35.5. The van der Waals surface area contributed by atoms with Gasteiger partial charge in [0.25, 0.3) is 18.2 Å². The maximum atomic E-state index is 15.2. The highest BCUT2D eigenvalue weighted by Gasteiger charge is 2.34. The first-order valence-electron chi connectivity index (χ1n) is 11.8. The molecule has 0 bridgehead atoms. The Balaban J connectivity index is 1.70. The molecule has 2 N–H and O–H groups in total. The molecule has 1 aliphatic rings. The summed E-state index contributed by atoms with van der Waals surface area (Å²) < 4.78 is 64.1. The maximum Gasteiger partial charge on any atom is 0.408 e. The van der Waals surface area contributed by atoms with Gasteiger partial charge in [0.2, 0.25) is 6.30 Å². The van der Waals surface area contributed by atoms with Crippen LogP contribution in [0.25, 0.3) is 11.5 Å². The van der Waals surface area contributed by atoms with Gasteiger partial charge in [-0.25, -0.2) is 22.4 Å². The number of alkyl halides is 3. The second kappa shape index (κ2) is 11.9. The van der Waals surface area contributed by atoms with Crippen LogP contribution in [0.3, 0.4) is 0 Å². The molecule has 2 atom stereocenters. The lowest BCUT2D eigenvalue weighted by Crippen LogP contribution is -2.50. The summed E-state index contributed by atoms with van der Waals surface area (Å²) in [5.41, 5.74) is -0.106. The van der Waals surface area contributed by atoms with Gasteiger partial charge in [-0.05, 0) is 50.6 Å². The average Bonchev–Trinajstić information content (AvgIpc) is 3.28. The van der Waals surface area contributed by atoms with Gasteiger partial charge in [0.05, 0.1) is 17.8 Å². The average molecular weight is 602 g/mol. The van der Waals surface area contributed by atoms with Crippen molar-refractivity contribution in [3.8, 4) is 11.5 Å². The Labute approximate surface area is 235 Å². The number of benzene rings is 2. The number of hydrogen-bond acceptors (Lipinski definition) is 8. The number of carbonyl (C=O) groups excluding carboxylic acids is 2. The summed E-state index contributed by atoms with van der Waals surface area (Å²) in [6.07, 6.45) is -6.92. The summed E-state index contributed by atoms with van der Waals surface area (Å²) in [6, 6.07) is 7.45. The number of rotatable bonds is 7. The molecule has 214 valence electrons. The first-order chi connectivity index (χ1) is 18.8. The monoisotopic (exact) mass is 601 g/mol. The second-order valence-electron chi connectivity index (χ2n) is 9.65. The van der Waals surface area contributed by atoms with E-state index in [1.165, 1.54) is 11.0 Å². The van der Waals surface area contributed by atoms with Crippen LogP contribution in [0.2, 0.25) is 5.02 Å². The van der Waals surface area contributed by atoms with E-state index in [4.69, 9.17) is 20.8 Å². The lowest BCUT2D eigenvalue weighted by Gasteiger charge is -2.27. The van der Waals surface area contributed by atoms with Crippen molar-refractivity contribution in [1.82, 2.24) is 15.5 Å². The fraction of sp³-hybridized carbons (Fsp3) is 0.360. The number of hydrogen-bond donors (Lipinski definition) is 2. The van der Waals surface area contributed by atoms with Gasteiger partial charge < -0.3 is 24.7 Å². The van der Waals surface area contributed by atoms with Gasteiger partial charge in [-0.1, -0.05) is 28.8 Å². The van der Waals surface area contributed by atoms with Crippen LogP contribution in [-0.4, -0.2) is 52.3 Å². The Kier molecular flexibility index (Phi) is 8.78. The predicted octanol–water partition coefficient (Wildman–Crippen LogP) is 6.03. The number of ether oxygens (including phenoxy) is 1. The summed E-state index contributed by atoms with van der Waals surface area (Å²) in [5, 5.41) is 11.8. The minimum Gasteiger partial charge on any atom is -0.444 e. The fourth-order valence-electron chi connectivity index (χ4n) is 3.65. The van der Waals surface area contributed by atoms with Crippen molar-refractivity contribution in [3.63, 3.8) is 0 Å². The zero-order valence-corrected chi connectivity index (χ0v) is 23.0. The number of nitrogens with one attached hydrogen (secondary N) is 2. The molecule has 3 aromatic rings. The van der Waals surface area contributed by atoms with E-state index in [2.05, 4.69) is 15.5 Å². The van der Waals surface area contributed by atoms with Crippen LogP contribution in [0, 0.1) is 5.82 Å². The van der Waals surface area contributed by atoms with Crippen molar-refractivity contribution >= 4 is 47.1 Å². The van der Waals surface area contributed by atoms with Crippen LogP contribution < -0.4 is 15.5 Å². The molecule has 1 aromatic heterocycles. The number of carbonyl (C=O) groups is 2. The Hall–Kier alpha value is -3.52. The van der Waals surface area contributed by atoms with Gasteiger partial charge in [-0.2, -0.15) is 0 Å². The Morgan fingerprint density at radius 1 is 1.23 bits per heavy atom. The fourth-order valence-corrected chi connectivity index (χ4v) is 4.85. The van der Waals surface area contributed by atoms with E-state index in [0.717, 1.165) is 17.8 Å². The molecule has 2 aromatic carbocycles. The van der Waals surface area contributed by atoms with Crippen molar-refractivity contribution in [3.05, 3.63) is 52.8 Å². The summed E-state index contributed by atoms with van der Waals surface area (Å²) in [6.45, 7) is 5.07. The molecule has 0 aliphatic carbocycles. The molecule has 2 heterocycles. The predicted molar refractivity (Wildman–Crippen MR) is 141 cm³/mol. The quantitative estimate of drug-likeness (QED) is 0.249. The Morgan fingerprint density at radius 2 is 1.93 bits per heavy atom. The molecule has 0 saturated carbocycles. The smallest absolute Gasteiger partial charge is 0.408 e. The first-order valence-corrected chi connectivity index (χ1v) is 13.2. The van der Waals surface area contributed by atoms with Gasteiger partial charge in [0.1, 0.15) is 17.5 Å². The third-order valence-corrected chi connectivity index (χ3v) is 6.78. The van der Waals surface area contributed by atoms with E-state index < -0.39 is 54.1 Å². The van der Waals surface area contributed by atoms with Gasteiger partial charge in [0, 0.05) is 15.7 Å². The molecule has 0 saturated heterocycles. The van der Waals surface area contributed by atoms with Crippen molar-refractivity contribution in [2.75, 3.05) is 16.0 Å². The molecule has 9 nitrogen and oxygen atoms in total. The van der Waals surface area contributed by atoms with Crippen molar-refractivity contribution in [1.29, 1.82) is 0 Å². The normalized spacial score (nSPS) is 16.4. The van der Waals surface area contributed by atoms with Crippen LogP contribution in [0.15, 0.2) is 45.7 Å². The molecule has 40 heavy (non-hydrogen) atoms. The van der Waals surface area contributed by atoms with Crippen LogP contribution in [0.5, 0.6) is 0 Å². The van der Waals surface area contributed by atoms with Crippen LogP contribution in [-0.2, 0) is 16.1 Å². The third kappa shape index (κ3) is 7.16. The van der Waals surface area contributed by atoms with E-state index >= 15 is 4.39 Å². The zero-order valence-electron chi connectivity index (χ0n) is 21.4. The zero-order chi connectivity index (χ0) is 29.2. The van der Waals surface area contributed by atoms with Gasteiger partial charge >= 0.3 is 12.1 Å². The standard InChI is InChI=1S/C25H24ClF4N5O4S/c1-25(2,3)39-24(37)31-16-11-40-18-9-15(27)14(21-33-34-23(38-21)32-20(30)19(28)29)8-17(18)35(22(16)36)10-12-4-6-13(26)7-5-12/h4-9,16,19-20H,10-11H2,1-3H3,(H,31,37)(H,32,34)/t16-,20?/m0/s1. The summed E-state index contributed by atoms with van der Waals surface area (Å²) in [5.74, 6) is -1.68. The van der Waals surface area contributed by atoms with Crippen molar-refractivity contribution in [2.24, 2.45) is 0 Å². The van der Waals surface area contributed by atoms with E-state index in [1.54, 1.807) is 50.4 Å². The largest absolute Gasteiger partial charge is 0.444 e.